The Hall–Kier alpha value is -1.95. The number of fused-ring (bicyclic) bond motifs is 1. The van der Waals surface area contributed by atoms with Crippen molar-refractivity contribution in [2.45, 2.75) is 33.1 Å². The van der Waals surface area contributed by atoms with Crippen LogP contribution in [0.25, 0.3) is 10.1 Å². The molecule has 6 heteroatoms. The Morgan fingerprint density at radius 1 is 1.16 bits per heavy atom. The smallest absolute Gasteiger partial charge is 0.264 e. The summed E-state index contributed by atoms with van der Waals surface area (Å²) in [5, 5.41) is 0.808. The Morgan fingerprint density at radius 3 is 2.64 bits per heavy atom. The Bertz CT molecular complexity index is 802. The number of carbonyl (C=O) groups is 2. The third-order valence-electron chi connectivity index (χ3n) is 4.69. The van der Waals surface area contributed by atoms with E-state index in [0.717, 1.165) is 28.5 Å². The van der Waals surface area contributed by atoms with E-state index in [2.05, 4.69) is 0 Å². The van der Waals surface area contributed by atoms with Crippen LogP contribution < -0.4 is 0 Å². The first-order chi connectivity index (χ1) is 12.0. The van der Waals surface area contributed by atoms with E-state index in [0.29, 0.717) is 37.5 Å². The lowest BCUT2D eigenvalue weighted by atomic mass is 10.1. The van der Waals surface area contributed by atoms with E-state index >= 15 is 0 Å². The Morgan fingerprint density at radius 2 is 1.88 bits per heavy atom. The van der Waals surface area contributed by atoms with Crippen LogP contribution in [0.3, 0.4) is 0 Å². The fourth-order valence-electron chi connectivity index (χ4n) is 3.28. The molecule has 1 aliphatic heterocycles. The van der Waals surface area contributed by atoms with Gasteiger partial charge < -0.3 is 9.80 Å². The van der Waals surface area contributed by atoms with Crippen molar-refractivity contribution in [3.05, 3.63) is 34.5 Å². The van der Waals surface area contributed by atoms with Crippen LogP contribution in [0.4, 0.5) is 4.39 Å². The lowest BCUT2D eigenvalue weighted by Crippen LogP contribution is -2.37. The minimum absolute atomic E-state index is 0.0103. The van der Waals surface area contributed by atoms with Crippen molar-refractivity contribution in [1.82, 2.24) is 9.80 Å². The zero-order valence-corrected chi connectivity index (χ0v) is 15.5. The average molecular weight is 362 g/mol. The van der Waals surface area contributed by atoms with Gasteiger partial charge in [0.1, 0.15) is 5.82 Å². The van der Waals surface area contributed by atoms with Crippen LogP contribution in [-0.2, 0) is 4.79 Å². The topological polar surface area (TPSA) is 40.6 Å². The number of thiophene rings is 1. The third kappa shape index (κ3) is 3.68. The summed E-state index contributed by atoms with van der Waals surface area (Å²) < 4.78 is 14.4. The second kappa shape index (κ2) is 7.52. The minimum Gasteiger partial charge on any atom is -0.341 e. The van der Waals surface area contributed by atoms with Crippen LogP contribution >= 0.6 is 11.3 Å². The standard InChI is InChI=1S/C19H23FN2O2S/c1-3-5-17(23)21-8-4-9-22(11-10-21)19(24)18-13(2)15-12-14(20)6-7-16(15)25-18/h6-7,12H,3-5,8-11H2,1-2H3. The molecular weight excluding hydrogens is 339 g/mol. The second-order valence-electron chi connectivity index (χ2n) is 6.47. The molecule has 1 aromatic heterocycles. The molecular formula is C19H23FN2O2S. The first-order valence-corrected chi connectivity index (χ1v) is 9.58. The van der Waals surface area contributed by atoms with E-state index in [1.807, 2.05) is 23.6 Å². The van der Waals surface area contributed by atoms with E-state index < -0.39 is 0 Å². The largest absolute Gasteiger partial charge is 0.341 e. The summed E-state index contributed by atoms with van der Waals surface area (Å²) >= 11 is 1.42. The van der Waals surface area contributed by atoms with Gasteiger partial charge in [0.05, 0.1) is 4.88 Å². The van der Waals surface area contributed by atoms with E-state index in [1.54, 1.807) is 6.07 Å². The molecule has 0 radical (unpaired) electrons. The van der Waals surface area contributed by atoms with Gasteiger partial charge in [-0.2, -0.15) is 0 Å². The van der Waals surface area contributed by atoms with Crippen molar-refractivity contribution in [1.29, 1.82) is 0 Å². The molecule has 2 aromatic rings. The third-order valence-corrected chi connectivity index (χ3v) is 5.95. The molecule has 0 bridgehead atoms. The van der Waals surface area contributed by atoms with Gasteiger partial charge in [0, 0.05) is 37.3 Å². The molecule has 0 atom stereocenters. The number of nitrogens with zero attached hydrogens (tertiary/aromatic N) is 2. The van der Waals surface area contributed by atoms with Gasteiger partial charge in [-0.05, 0) is 48.9 Å². The predicted molar refractivity (Wildman–Crippen MR) is 98.5 cm³/mol. The van der Waals surface area contributed by atoms with Gasteiger partial charge in [-0.1, -0.05) is 6.92 Å². The molecule has 0 aliphatic carbocycles. The number of benzene rings is 1. The zero-order chi connectivity index (χ0) is 18.0. The summed E-state index contributed by atoms with van der Waals surface area (Å²) in [4.78, 5) is 29.4. The van der Waals surface area contributed by atoms with E-state index in [1.165, 1.54) is 23.5 Å². The second-order valence-corrected chi connectivity index (χ2v) is 7.53. The van der Waals surface area contributed by atoms with E-state index in [4.69, 9.17) is 0 Å². The molecule has 25 heavy (non-hydrogen) atoms. The molecule has 1 fully saturated rings. The lowest BCUT2D eigenvalue weighted by Gasteiger charge is -2.22. The van der Waals surface area contributed by atoms with Gasteiger partial charge in [-0.15, -0.1) is 11.3 Å². The van der Waals surface area contributed by atoms with Crippen molar-refractivity contribution in [3.8, 4) is 0 Å². The predicted octanol–water partition coefficient (Wildman–Crippen LogP) is 3.82. The molecule has 1 aromatic carbocycles. The lowest BCUT2D eigenvalue weighted by molar-refractivity contribution is -0.131. The average Bonchev–Trinajstić information content (AvgIpc) is 2.77. The number of rotatable bonds is 3. The number of amides is 2. The summed E-state index contributed by atoms with van der Waals surface area (Å²) in [5.41, 5.74) is 0.840. The number of carbonyl (C=O) groups excluding carboxylic acids is 2. The maximum Gasteiger partial charge on any atom is 0.264 e. The molecule has 0 spiro atoms. The van der Waals surface area contributed by atoms with Gasteiger partial charge in [0.2, 0.25) is 5.91 Å². The van der Waals surface area contributed by atoms with E-state index in [-0.39, 0.29) is 17.6 Å². The normalized spacial score (nSPS) is 15.5. The summed E-state index contributed by atoms with van der Waals surface area (Å²) in [5.74, 6) is -0.124. The van der Waals surface area contributed by atoms with Crippen molar-refractivity contribution in [2.75, 3.05) is 26.2 Å². The quantitative estimate of drug-likeness (QED) is 0.833. The van der Waals surface area contributed by atoms with Crippen molar-refractivity contribution < 1.29 is 14.0 Å². The SMILES string of the molecule is CCCC(=O)N1CCCN(C(=O)c2sc3ccc(F)cc3c2C)CC1. The van der Waals surface area contributed by atoms with E-state index in [9.17, 15) is 14.0 Å². The van der Waals surface area contributed by atoms with Crippen LogP contribution in [0.15, 0.2) is 18.2 Å². The van der Waals surface area contributed by atoms with Crippen LogP contribution in [-0.4, -0.2) is 47.8 Å². The molecule has 1 aliphatic rings. The first kappa shape index (κ1) is 17.9. The van der Waals surface area contributed by atoms with Gasteiger partial charge >= 0.3 is 0 Å². The summed E-state index contributed by atoms with van der Waals surface area (Å²) in [6.07, 6.45) is 2.20. The summed E-state index contributed by atoms with van der Waals surface area (Å²) in [6, 6.07) is 4.65. The number of aryl methyl sites for hydroxylation is 1. The molecule has 2 heterocycles. The van der Waals surface area contributed by atoms with Gasteiger partial charge in [-0.3, -0.25) is 9.59 Å². The van der Waals surface area contributed by atoms with Crippen molar-refractivity contribution >= 4 is 33.2 Å². The Kier molecular flexibility index (Phi) is 5.37. The van der Waals surface area contributed by atoms with Crippen LogP contribution in [0, 0.1) is 12.7 Å². The van der Waals surface area contributed by atoms with Crippen molar-refractivity contribution in [3.63, 3.8) is 0 Å². The summed E-state index contributed by atoms with van der Waals surface area (Å²) in [6.45, 7) is 6.37. The molecule has 1 saturated heterocycles. The van der Waals surface area contributed by atoms with Crippen LogP contribution in [0.2, 0.25) is 0 Å². The van der Waals surface area contributed by atoms with Gasteiger partial charge in [-0.25, -0.2) is 4.39 Å². The summed E-state index contributed by atoms with van der Waals surface area (Å²) in [7, 11) is 0. The fourth-order valence-corrected chi connectivity index (χ4v) is 4.44. The number of halogens is 1. The number of hydrogen-bond acceptors (Lipinski definition) is 3. The highest BCUT2D eigenvalue weighted by Crippen LogP contribution is 2.32. The Labute approximate surface area is 151 Å². The monoisotopic (exact) mass is 362 g/mol. The van der Waals surface area contributed by atoms with Gasteiger partial charge in [0.15, 0.2) is 0 Å². The highest BCUT2D eigenvalue weighted by Gasteiger charge is 2.25. The highest BCUT2D eigenvalue weighted by atomic mass is 32.1. The van der Waals surface area contributed by atoms with Gasteiger partial charge in [0.25, 0.3) is 5.91 Å². The molecule has 0 N–H and O–H groups in total. The molecule has 2 amide bonds. The molecule has 0 unspecified atom stereocenters. The maximum atomic E-state index is 13.5. The Balaban J connectivity index is 1.77. The minimum atomic E-state index is -0.285. The number of hydrogen-bond donors (Lipinski definition) is 0. The molecule has 0 saturated carbocycles. The van der Waals surface area contributed by atoms with Crippen molar-refractivity contribution in [2.24, 2.45) is 0 Å². The van der Waals surface area contributed by atoms with Crippen LogP contribution in [0.1, 0.15) is 41.4 Å². The fraction of sp³-hybridized carbons (Fsp3) is 0.474. The molecule has 3 rings (SSSR count). The maximum absolute atomic E-state index is 13.5. The molecule has 4 nitrogen and oxygen atoms in total. The highest BCUT2D eigenvalue weighted by molar-refractivity contribution is 7.21. The molecule has 134 valence electrons. The zero-order valence-electron chi connectivity index (χ0n) is 14.7. The first-order valence-electron chi connectivity index (χ1n) is 8.77. The van der Waals surface area contributed by atoms with Crippen LogP contribution in [0.5, 0.6) is 0 Å².